The lowest BCUT2D eigenvalue weighted by atomic mass is 10.2. The average molecular weight is 236 g/mol. The van der Waals surface area contributed by atoms with E-state index in [1.807, 2.05) is 0 Å². The van der Waals surface area contributed by atoms with Crippen LogP contribution in [0.5, 0.6) is 0 Å². The fourth-order valence-electron chi connectivity index (χ4n) is 1.11. The summed E-state index contributed by atoms with van der Waals surface area (Å²) >= 11 is 3.93. The summed E-state index contributed by atoms with van der Waals surface area (Å²) < 4.78 is 0. The van der Waals surface area contributed by atoms with Gasteiger partial charge in [0.1, 0.15) is 0 Å². The maximum Gasteiger partial charge on any atom is 0.248 e. The fourth-order valence-corrected chi connectivity index (χ4v) is 1.25. The smallest absolute Gasteiger partial charge is 0.248 e. The van der Waals surface area contributed by atoms with Gasteiger partial charge < -0.3 is 11.1 Å². The Balaban J connectivity index is 2.65. The second-order valence-corrected chi connectivity index (χ2v) is 3.87. The summed E-state index contributed by atoms with van der Waals surface area (Å²) in [6.45, 7) is 3.52. The van der Waals surface area contributed by atoms with Gasteiger partial charge in [-0.05, 0) is 29.2 Å². The first-order valence-corrected chi connectivity index (χ1v) is 5.00. The number of carbonyl (C=O) groups excluding carboxylic acids is 2. The molecule has 0 atom stereocenters. The highest BCUT2D eigenvalue weighted by atomic mass is 32.1. The summed E-state index contributed by atoms with van der Waals surface area (Å²) in [7, 11) is 0. The van der Waals surface area contributed by atoms with E-state index in [0.29, 0.717) is 16.2 Å². The Kier molecular flexibility index (Phi) is 4.13. The normalized spacial score (nSPS) is 9.56. The van der Waals surface area contributed by atoms with Crippen molar-refractivity contribution in [3.8, 4) is 0 Å². The van der Waals surface area contributed by atoms with Gasteiger partial charge in [0.2, 0.25) is 11.8 Å². The van der Waals surface area contributed by atoms with Gasteiger partial charge in [-0.15, -0.1) is 12.6 Å². The van der Waals surface area contributed by atoms with Crippen LogP contribution < -0.4 is 11.1 Å². The molecule has 3 N–H and O–H groups in total. The Labute approximate surface area is 98.9 Å². The van der Waals surface area contributed by atoms with Gasteiger partial charge >= 0.3 is 0 Å². The molecule has 0 aromatic heterocycles. The Morgan fingerprint density at radius 1 is 1.31 bits per heavy atom. The van der Waals surface area contributed by atoms with Crippen LogP contribution in [0.1, 0.15) is 16.8 Å². The maximum absolute atomic E-state index is 11.3. The SMILES string of the molecule is C=C(S)CC(=O)Nc1ccc(C(N)=O)cc1. The number of nitrogens with one attached hydrogen (secondary N) is 1. The Morgan fingerprint density at radius 3 is 2.31 bits per heavy atom. The highest BCUT2D eigenvalue weighted by molar-refractivity contribution is 7.84. The summed E-state index contributed by atoms with van der Waals surface area (Å²) in [6, 6.07) is 6.32. The molecule has 1 rings (SSSR count). The number of thiol groups is 1. The van der Waals surface area contributed by atoms with E-state index in [1.54, 1.807) is 24.3 Å². The quantitative estimate of drug-likeness (QED) is 0.694. The first-order chi connectivity index (χ1) is 7.49. The predicted octanol–water partition coefficient (Wildman–Crippen LogP) is 1.56. The summed E-state index contributed by atoms with van der Waals surface area (Å²) in [5, 5.41) is 2.64. The van der Waals surface area contributed by atoms with Gasteiger partial charge in [-0.3, -0.25) is 9.59 Å². The van der Waals surface area contributed by atoms with Crippen LogP contribution in [0.3, 0.4) is 0 Å². The van der Waals surface area contributed by atoms with Crippen molar-refractivity contribution in [2.45, 2.75) is 6.42 Å². The minimum absolute atomic E-state index is 0.153. The summed E-state index contributed by atoms with van der Waals surface area (Å²) in [5.74, 6) is -0.701. The van der Waals surface area contributed by atoms with Crippen molar-refractivity contribution >= 4 is 30.1 Å². The lowest BCUT2D eigenvalue weighted by Crippen LogP contribution is -2.13. The number of nitrogens with two attached hydrogens (primary N) is 1. The molecule has 0 aliphatic carbocycles. The van der Waals surface area contributed by atoms with Crippen LogP contribution in [-0.2, 0) is 4.79 Å². The second-order valence-electron chi connectivity index (χ2n) is 3.23. The van der Waals surface area contributed by atoms with Gasteiger partial charge in [-0.25, -0.2) is 0 Å². The van der Waals surface area contributed by atoms with Crippen molar-refractivity contribution in [2.24, 2.45) is 5.73 Å². The Bertz CT molecular complexity index is 426. The van der Waals surface area contributed by atoms with Crippen molar-refractivity contribution in [1.29, 1.82) is 0 Å². The number of hydrogen-bond acceptors (Lipinski definition) is 3. The molecular weight excluding hydrogens is 224 g/mol. The van der Waals surface area contributed by atoms with E-state index in [1.165, 1.54) is 0 Å². The van der Waals surface area contributed by atoms with Crippen molar-refractivity contribution < 1.29 is 9.59 Å². The van der Waals surface area contributed by atoms with E-state index in [-0.39, 0.29) is 12.3 Å². The van der Waals surface area contributed by atoms with E-state index in [4.69, 9.17) is 5.73 Å². The lowest BCUT2D eigenvalue weighted by molar-refractivity contribution is -0.115. The van der Waals surface area contributed by atoms with Crippen LogP contribution in [0.4, 0.5) is 5.69 Å². The molecule has 0 aliphatic heterocycles. The van der Waals surface area contributed by atoms with E-state index in [2.05, 4.69) is 24.5 Å². The molecule has 0 saturated heterocycles. The monoisotopic (exact) mass is 236 g/mol. The molecule has 1 aromatic rings. The van der Waals surface area contributed by atoms with E-state index >= 15 is 0 Å². The van der Waals surface area contributed by atoms with Gasteiger partial charge in [0.15, 0.2) is 0 Å². The maximum atomic E-state index is 11.3. The van der Waals surface area contributed by atoms with Crippen LogP contribution >= 0.6 is 12.6 Å². The molecular formula is C11H12N2O2S. The molecule has 0 bridgehead atoms. The molecule has 0 spiro atoms. The molecule has 0 aliphatic rings. The number of anilines is 1. The number of rotatable bonds is 4. The zero-order valence-corrected chi connectivity index (χ0v) is 9.46. The highest BCUT2D eigenvalue weighted by Gasteiger charge is 2.04. The van der Waals surface area contributed by atoms with Crippen LogP contribution in [0, 0.1) is 0 Å². The number of hydrogen-bond donors (Lipinski definition) is 3. The van der Waals surface area contributed by atoms with E-state index in [9.17, 15) is 9.59 Å². The molecule has 0 fully saturated rings. The molecule has 1 aromatic carbocycles. The zero-order valence-electron chi connectivity index (χ0n) is 8.56. The second kappa shape index (κ2) is 5.37. The largest absolute Gasteiger partial charge is 0.366 e. The molecule has 0 unspecified atom stereocenters. The van der Waals surface area contributed by atoms with E-state index < -0.39 is 5.91 Å². The topological polar surface area (TPSA) is 72.2 Å². The number of amides is 2. The minimum Gasteiger partial charge on any atom is -0.366 e. The minimum atomic E-state index is -0.499. The summed E-state index contributed by atoms with van der Waals surface area (Å²) in [5.41, 5.74) is 6.08. The molecule has 16 heavy (non-hydrogen) atoms. The third-order valence-electron chi connectivity index (χ3n) is 1.82. The van der Waals surface area contributed by atoms with Gasteiger partial charge in [-0.1, -0.05) is 6.58 Å². The average Bonchev–Trinajstić information content (AvgIpc) is 2.16. The molecule has 0 heterocycles. The van der Waals surface area contributed by atoms with Gasteiger partial charge in [0.05, 0.1) is 6.42 Å². The van der Waals surface area contributed by atoms with Crippen molar-refractivity contribution in [2.75, 3.05) is 5.32 Å². The Hall–Kier alpha value is -1.75. The van der Waals surface area contributed by atoms with Gasteiger partial charge in [-0.2, -0.15) is 0 Å². The first kappa shape index (κ1) is 12.3. The molecule has 4 nitrogen and oxygen atoms in total. The van der Waals surface area contributed by atoms with Crippen LogP contribution in [0.25, 0.3) is 0 Å². The number of primary amides is 1. The Morgan fingerprint density at radius 2 is 1.88 bits per heavy atom. The van der Waals surface area contributed by atoms with Gasteiger partial charge in [0, 0.05) is 11.3 Å². The lowest BCUT2D eigenvalue weighted by Gasteiger charge is -2.04. The molecule has 5 heteroatoms. The molecule has 2 amide bonds. The van der Waals surface area contributed by atoms with Crippen molar-refractivity contribution in [3.63, 3.8) is 0 Å². The highest BCUT2D eigenvalue weighted by Crippen LogP contribution is 2.11. The van der Waals surface area contributed by atoms with E-state index in [0.717, 1.165) is 0 Å². The third kappa shape index (κ3) is 3.78. The van der Waals surface area contributed by atoms with Crippen LogP contribution in [0.15, 0.2) is 35.7 Å². The third-order valence-corrected chi connectivity index (χ3v) is 1.98. The molecule has 84 valence electrons. The standard InChI is InChI=1S/C11H12N2O2S/c1-7(16)6-10(14)13-9-4-2-8(3-5-9)11(12)15/h2-5,16H,1,6H2,(H2,12,15)(H,13,14). The number of carbonyl (C=O) groups is 2. The van der Waals surface area contributed by atoms with Crippen molar-refractivity contribution in [1.82, 2.24) is 0 Å². The first-order valence-electron chi connectivity index (χ1n) is 4.55. The summed E-state index contributed by atoms with van der Waals surface area (Å²) in [6.07, 6.45) is 0.153. The van der Waals surface area contributed by atoms with Crippen LogP contribution in [-0.4, -0.2) is 11.8 Å². The number of benzene rings is 1. The molecule has 0 radical (unpaired) electrons. The van der Waals surface area contributed by atoms with Crippen molar-refractivity contribution in [3.05, 3.63) is 41.3 Å². The molecule has 0 saturated carbocycles. The zero-order chi connectivity index (χ0) is 12.1. The summed E-state index contributed by atoms with van der Waals surface area (Å²) in [4.78, 5) is 22.6. The van der Waals surface area contributed by atoms with Crippen LogP contribution in [0.2, 0.25) is 0 Å². The predicted molar refractivity (Wildman–Crippen MR) is 66.3 cm³/mol. The van der Waals surface area contributed by atoms with Gasteiger partial charge in [0.25, 0.3) is 0 Å². The fraction of sp³-hybridized carbons (Fsp3) is 0.0909.